The smallest absolute Gasteiger partial charge is 0.410 e. The van der Waals surface area contributed by atoms with Crippen LogP contribution < -0.4 is 10.1 Å². The normalized spacial score (nSPS) is 21.2. The number of hydrogen-bond acceptors (Lipinski definition) is 11. The summed E-state index contributed by atoms with van der Waals surface area (Å²) in [5, 5.41) is 14.3. The Morgan fingerprint density at radius 3 is 2.36 bits per heavy atom. The fourth-order valence-electron chi connectivity index (χ4n) is 5.13. The Kier molecular flexibility index (Phi) is 14.0. The van der Waals surface area contributed by atoms with Gasteiger partial charge in [-0.3, -0.25) is 4.57 Å². The van der Waals surface area contributed by atoms with E-state index in [1.165, 1.54) is 4.90 Å². The zero-order valence-corrected chi connectivity index (χ0v) is 28.5. The van der Waals surface area contributed by atoms with Crippen LogP contribution >= 0.6 is 7.60 Å². The summed E-state index contributed by atoms with van der Waals surface area (Å²) in [5.74, 6) is 0.518. The standard InChI is InChI=1S/C31H51N2O11P/c1-8-41-45(37,42-9-2)20-40-23-12-10-22(11-13-23)16-25(32-29(35)43-27-19-39-28-24(27)14-15-38-28)26(34)18-33(17-21(3)4)30(36)44-31(5,6)7/h10-13,21,24-28,34H,8-9,14-20H2,1-7H3,(H,32,35)/t24-,25-,26+,27-,28+/m0/s1. The maximum atomic E-state index is 13.1. The second-order valence-electron chi connectivity index (χ2n) is 12.6. The van der Waals surface area contributed by atoms with Gasteiger partial charge < -0.3 is 48.1 Å². The monoisotopic (exact) mass is 658 g/mol. The molecule has 3 rings (SSSR count). The summed E-state index contributed by atoms with van der Waals surface area (Å²) in [5.41, 5.74) is 0.0536. The zero-order valence-electron chi connectivity index (χ0n) is 27.6. The molecule has 2 aliphatic heterocycles. The van der Waals surface area contributed by atoms with Crippen molar-refractivity contribution < 1.29 is 52.0 Å². The fraction of sp³-hybridized carbons (Fsp3) is 0.742. The third-order valence-electron chi connectivity index (χ3n) is 7.08. The molecule has 0 saturated carbocycles. The molecule has 2 aliphatic rings. The van der Waals surface area contributed by atoms with E-state index in [1.54, 1.807) is 58.9 Å². The van der Waals surface area contributed by atoms with Gasteiger partial charge in [0.15, 0.2) is 12.6 Å². The summed E-state index contributed by atoms with van der Waals surface area (Å²) in [6, 6.07) is 6.12. The Labute approximate surface area is 266 Å². The van der Waals surface area contributed by atoms with Crippen LogP contribution in [-0.2, 0) is 39.0 Å². The maximum absolute atomic E-state index is 13.1. The molecule has 5 atom stereocenters. The van der Waals surface area contributed by atoms with Gasteiger partial charge in [-0.25, -0.2) is 9.59 Å². The summed E-state index contributed by atoms with van der Waals surface area (Å²) < 4.78 is 51.4. The van der Waals surface area contributed by atoms with E-state index < -0.39 is 43.6 Å². The van der Waals surface area contributed by atoms with Gasteiger partial charge in [0.25, 0.3) is 0 Å². The molecule has 0 spiro atoms. The van der Waals surface area contributed by atoms with E-state index in [9.17, 15) is 19.3 Å². The summed E-state index contributed by atoms with van der Waals surface area (Å²) >= 11 is 0. The van der Waals surface area contributed by atoms with E-state index in [-0.39, 0.29) is 57.3 Å². The highest BCUT2D eigenvalue weighted by Crippen LogP contribution is 2.47. The second kappa shape index (κ2) is 16.9. The van der Waals surface area contributed by atoms with E-state index in [1.807, 2.05) is 13.8 Å². The predicted molar refractivity (Wildman–Crippen MR) is 166 cm³/mol. The van der Waals surface area contributed by atoms with Crippen LogP contribution in [0.25, 0.3) is 0 Å². The van der Waals surface area contributed by atoms with E-state index in [0.29, 0.717) is 18.9 Å². The van der Waals surface area contributed by atoms with Gasteiger partial charge in [0, 0.05) is 6.54 Å². The molecule has 2 heterocycles. The van der Waals surface area contributed by atoms with Crippen LogP contribution in [0.1, 0.15) is 60.5 Å². The minimum atomic E-state index is -3.39. The summed E-state index contributed by atoms with van der Waals surface area (Å²) in [7, 11) is -3.39. The lowest BCUT2D eigenvalue weighted by atomic mass is 10.0. The van der Waals surface area contributed by atoms with E-state index in [2.05, 4.69) is 5.32 Å². The van der Waals surface area contributed by atoms with Gasteiger partial charge in [-0.2, -0.15) is 0 Å². The number of carbonyl (C=O) groups is 2. The van der Waals surface area contributed by atoms with Gasteiger partial charge >= 0.3 is 19.8 Å². The molecule has 0 bridgehead atoms. The number of carbonyl (C=O) groups excluding carboxylic acids is 2. The Hall–Kier alpha value is -2.41. The lowest BCUT2D eigenvalue weighted by molar-refractivity contribution is -0.0907. The lowest BCUT2D eigenvalue weighted by Crippen LogP contribution is -2.52. The van der Waals surface area contributed by atoms with Crippen molar-refractivity contribution in [3.8, 4) is 5.75 Å². The number of nitrogens with zero attached hydrogens (tertiary/aromatic N) is 1. The van der Waals surface area contributed by atoms with E-state index >= 15 is 0 Å². The number of nitrogens with one attached hydrogen (secondary N) is 1. The Morgan fingerprint density at radius 2 is 1.76 bits per heavy atom. The van der Waals surface area contributed by atoms with Gasteiger partial charge in [0.2, 0.25) is 0 Å². The summed E-state index contributed by atoms with van der Waals surface area (Å²) in [6.07, 6.45) is -2.54. The topological polar surface area (TPSA) is 151 Å². The highest BCUT2D eigenvalue weighted by atomic mass is 31.2. The molecule has 45 heavy (non-hydrogen) atoms. The molecular formula is C31H51N2O11P. The second-order valence-corrected chi connectivity index (χ2v) is 14.6. The van der Waals surface area contributed by atoms with Crippen LogP contribution in [-0.4, -0.2) is 98.2 Å². The minimum Gasteiger partial charge on any atom is -0.481 e. The Morgan fingerprint density at radius 1 is 1.09 bits per heavy atom. The molecule has 1 aromatic rings. The van der Waals surface area contributed by atoms with Gasteiger partial charge in [0.1, 0.15) is 17.5 Å². The van der Waals surface area contributed by atoms with Gasteiger partial charge in [-0.1, -0.05) is 26.0 Å². The number of aliphatic hydroxyl groups is 1. The quantitative estimate of drug-likeness (QED) is 0.232. The summed E-state index contributed by atoms with van der Waals surface area (Å²) in [6.45, 7) is 14.2. The number of alkyl carbamates (subject to hydrolysis) is 1. The molecule has 2 amide bonds. The minimum absolute atomic E-state index is 0.0406. The predicted octanol–water partition coefficient (Wildman–Crippen LogP) is 4.94. The third kappa shape index (κ3) is 12.0. The number of ether oxygens (including phenoxy) is 5. The van der Waals surface area contributed by atoms with Gasteiger partial charge in [-0.05, 0) is 71.1 Å². The van der Waals surface area contributed by atoms with Crippen molar-refractivity contribution in [1.29, 1.82) is 0 Å². The van der Waals surface area contributed by atoms with Crippen molar-refractivity contribution in [3.63, 3.8) is 0 Å². The van der Waals surface area contributed by atoms with Crippen molar-refractivity contribution >= 4 is 19.8 Å². The molecule has 2 N–H and O–H groups in total. The van der Waals surface area contributed by atoms with Crippen LogP contribution in [0.5, 0.6) is 5.75 Å². The number of aliphatic hydroxyl groups excluding tert-OH is 1. The largest absolute Gasteiger partial charge is 0.481 e. The van der Waals surface area contributed by atoms with Crippen LogP contribution in [0.3, 0.4) is 0 Å². The molecule has 2 fully saturated rings. The van der Waals surface area contributed by atoms with Gasteiger partial charge in [0.05, 0.1) is 51.0 Å². The van der Waals surface area contributed by atoms with E-state index in [0.717, 1.165) is 12.0 Å². The zero-order chi connectivity index (χ0) is 33.2. The van der Waals surface area contributed by atoms with Crippen LogP contribution in [0.4, 0.5) is 9.59 Å². The molecule has 14 heteroatoms. The maximum Gasteiger partial charge on any atom is 0.410 e. The molecule has 13 nitrogen and oxygen atoms in total. The fourth-order valence-corrected chi connectivity index (χ4v) is 6.45. The molecular weight excluding hydrogens is 607 g/mol. The van der Waals surface area contributed by atoms with E-state index in [4.69, 9.17) is 32.7 Å². The number of rotatable bonds is 16. The van der Waals surface area contributed by atoms with Crippen molar-refractivity contribution in [2.24, 2.45) is 11.8 Å². The first kappa shape index (κ1) is 37.1. The van der Waals surface area contributed by atoms with Crippen LogP contribution in [0.15, 0.2) is 24.3 Å². The first-order valence-corrected chi connectivity index (χ1v) is 17.4. The lowest BCUT2D eigenvalue weighted by Gasteiger charge is -2.32. The average molecular weight is 659 g/mol. The van der Waals surface area contributed by atoms with Crippen LogP contribution in [0, 0.1) is 11.8 Å². The van der Waals surface area contributed by atoms with Crippen molar-refractivity contribution in [3.05, 3.63) is 29.8 Å². The SMILES string of the molecule is CCOP(=O)(COc1ccc(C[C@H](NC(=O)O[C@H]2CO[C@H]3OCC[C@H]32)[C@H](O)CN(CC(C)C)C(=O)OC(C)(C)C)cc1)OCC. The number of amides is 2. The highest BCUT2D eigenvalue weighted by molar-refractivity contribution is 7.53. The molecule has 0 aliphatic carbocycles. The average Bonchev–Trinajstić information content (AvgIpc) is 3.56. The van der Waals surface area contributed by atoms with Crippen molar-refractivity contribution in [2.45, 2.75) is 91.4 Å². The molecule has 256 valence electrons. The number of hydrogen-bond donors (Lipinski definition) is 2. The van der Waals surface area contributed by atoms with Crippen molar-refractivity contribution in [1.82, 2.24) is 10.2 Å². The van der Waals surface area contributed by atoms with Gasteiger partial charge in [-0.15, -0.1) is 0 Å². The van der Waals surface area contributed by atoms with Crippen LogP contribution in [0.2, 0.25) is 0 Å². The Bertz CT molecular complexity index is 1120. The number of fused-ring (bicyclic) bond motifs is 1. The molecule has 0 aromatic heterocycles. The molecule has 2 saturated heterocycles. The highest BCUT2D eigenvalue weighted by Gasteiger charge is 2.44. The summed E-state index contributed by atoms with van der Waals surface area (Å²) in [4.78, 5) is 27.6. The number of benzene rings is 1. The van der Waals surface area contributed by atoms with Crippen molar-refractivity contribution in [2.75, 3.05) is 45.9 Å². The molecule has 1 aromatic carbocycles. The Balaban J connectivity index is 1.73. The molecule has 0 unspecified atom stereocenters. The third-order valence-corrected chi connectivity index (χ3v) is 8.82. The first-order chi connectivity index (χ1) is 21.2. The first-order valence-electron chi connectivity index (χ1n) is 15.7. The molecule has 0 radical (unpaired) electrons.